The maximum atomic E-state index is 4.40. The van der Waals surface area contributed by atoms with E-state index in [0.717, 1.165) is 18.9 Å². The Labute approximate surface area is 99.3 Å². The Balaban J connectivity index is 4.56. The first-order valence-corrected chi connectivity index (χ1v) is 5.51. The normalized spacial score (nSPS) is 10.7. The minimum atomic E-state index is 0.602. The molecule has 0 aliphatic rings. The molecular formula is C13H22N3. The molecule has 0 rings (SSSR count). The van der Waals surface area contributed by atoms with Crippen LogP contribution >= 0.6 is 0 Å². The average Bonchev–Trinajstić information content (AvgIpc) is 2.29. The van der Waals surface area contributed by atoms with Gasteiger partial charge in [0.2, 0.25) is 0 Å². The molecule has 0 aromatic carbocycles. The zero-order valence-electron chi connectivity index (χ0n) is 10.2. The van der Waals surface area contributed by atoms with E-state index in [1.807, 2.05) is 17.1 Å². The Bertz CT molecular complexity index is 244. The van der Waals surface area contributed by atoms with Crippen molar-refractivity contribution >= 4 is 5.96 Å². The van der Waals surface area contributed by atoms with Crippen LogP contribution in [0.25, 0.3) is 0 Å². The van der Waals surface area contributed by atoms with Gasteiger partial charge in [-0.3, -0.25) is 0 Å². The van der Waals surface area contributed by atoms with E-state index in [1.54, 1.807) is 6.08 Å². The first-order valence-electron chi connectivity index (χ1n) is 5.51. The molecule has 0 aliphatic carbocycles. The average molecular weight is 220 g/mol. The first-order chi connectivity index (χ1) is 7.79. The lowest BCUT2D eigenvalue weighted by atomic mass is 10.4. The number of guanidine groups is 1. The zero-order valence-corrected chi connectivity index (χ0v) is 10.2. The van der Waals surface area contributed by atoms with Crippen molar-refractivity contribution in [3.05, 3.63) is 44.5 Å². The number of hydrogen-bond donors (Lipinski definition) is 1. The molecule has 0 amide bonds. The SMILES string of the molecule is C=CC/N=C(\NCC=C)N([CH]CC)CC=C. The zero-order chi connectivity index (χ0) is 12.2. The van der Waals surface area contributed by atoms with Crippen molar-refractivity contribution in [3.63, 3.8) is 0 Å². The summed E-state index contributed by atoms with van der Waals surface area (Å²) in [4.78, 5) is 6.45. The lowest BCUT2D eigenvalue weighted by Crippen LogP contribution is -2.40. The van der Waals surface area contributed by atoms with Gasteiger partial charge in [-0.2, -0.15) is 0 Å². The van der Waals surface area contributed by atoms with Crippen LogP contribution in [0.4, 0.5) is 0 Å². The van der Waals surface area contributed by atoms with Crippen molar-refractivity contribution in [2.45, 2.75) is 13.3 Å². The molecule has 0 aromatic heterocycles. The van der Waals surface area contributed by atoms with Crippen LogP contribution in [0.3, 0.4) is 0 Å². The van der Waals surface area contributed by atoms with Gasteiger partial charge in [-0.05, 0) is 6.42 Å². The van der Waals surface area contributed by atoms with E-state index in [0.29, 0.717) is 13.1 Å². The van der Waals surface area contributed by atoms with Crippen LogP contribution in [0, 0.1) is 6.54 Å². The molecule has 0 aromatic rings. The summed E-state index contributed by atoms with van der Waals surface area (Å²) in [6.45, 7) is 17.3. The smallest absolute Gasteiger partial charge is 0.195 e. The largest absolute Gasteiger partial charge is 0.353 e. The van der Waals surface area contributed by atoms with Gasteiger partial charge in [-0.15, -0.1) is 19.7 Å². The van der Waals surface area contributed by atoms with Gasteiger partial charge in [0.15, 0.2) is 5.96 Å². The van der Waals surface area contributed by atoms with E-state index >= 15 is 0 Å². The molecule has 0 aliphatic heterocycles. The molecule has 1 N–H and O–H groups in total. The highest BCUT2D eigenvalue weighted by Gasteiger charge is 2.07. The lowest BCUT2D eigenvalue weighted by molar-refractivity contribution is 0.515. The lowest BCUT2D eigenvalue weighted by Gasteiger charge is -2.24. The van der Waals surface area contributed by atoms with E-state index in [1.165, 1.54) is 0 Å². The molecule has 0 saturated carbocycles. The Hall–Kier alpha value is -1.51. The number of rotatable bonds is 8. The summed E-state index contributed by atoms with van der Waals surface area (Å²) in [5.41, 5.74) is 0. The number of nitrogens with zero attached hydrogens (tertiary/aromatic N) is 2. The van der Waals surface area contributed by atoms with Crippen molar-refractivity contribution in [1.82, 2.24) is 10.2 Å². The van der Waals surface area contributed by atoms with Gasteiger partial charge in [0.25, 0.3) is 0 Å². The molecule has 0 atom stereocenters. The Kier molecular flexibility index (Phi) is 9.08. The fraction of sp³-hybridized carbons (Fsp3) is 0.385. The van der Waals surface area contributed by atoms with Crippen molar-refractivity contribution < 1.29 is 0 Å². The molecule has 1 radical (unpaired) electrons. The Morgan fingerprint density at radius 1 is 1.25 bits per heavy atom. The van der Waals surface area contributed by atoms with Gasteiger partial charge in [-0.1, -0.05) is 25.2 Å². The molecule has 0 spiro atoms. The second kappa shape index (κ2) is 10.0. The van der Waals surface area contributed by atoms with Crippen molar-refractivity contribution in [3.8, 4) is 0 Å². The predicted molar refractivity (Wildman–Crippen MR) is 72.2 cm³/mol. The van der Waals surface area contributed by atoms with E-state index in [4.69, 9.17) is 0 Å². The monoisotopic (exact) mass is 220 g/mol. The van der Waals surface area contributed by atoms with Crippen molar-refractivity contribution in [2.75, 3.05) is 19.6 Å². The summed E-state index contributed by atoms with van der Waals surface area (Å²) in [7, 11) is 0. The summed E-state index contributed by atoms with van der Waals surface area (Å²) < 4.78 is 0. The Morgan fingerprint density at radius 2 is 2.00 bits per heavy atom. The molecule has 0 fully saturated rings. The van der Waals surface area contributed by atoms with Crippen molar-refractivity contribution in [2.24, 2.45) is 4.99 Å². The molecule has 0 saturated heterocycles. The minimum absolute atomic E-state index is 0.602. The van der Waals surface area contributed by atoms with Gasteiger partial charge in [0.05, 0.1) is 13.1 Å². The molecular weight excluding hydrogens is 198 g/mol. The van der Waals surface area contributed by atoms with Crippen LogP contribution in [0.2, 0.25) is 0 Å². The fourth-order valence-corrected chi connectivity index (χ4v) is 1.17. The third-order valence-corrected chi connectivity index (χ3v) is 1.78. The number of nitrogens with one attached hydrogen (secondary N) is 1. The van der Waals surface area contributed by atoms with Gasteiger partial charge in [-0.25, -0.2) is 4.99 Å². The third-order valence-electron chi connectivity index (χ3n) is 1.78. The molecule has 0 unspecified atom stereocenters. The molecule has 89 valence electrons. The van der Waals surface area contributed by atoms with Crippen molar-refractivity contribution in [1.29, 1.82) is 0 Å². The second-order valence-electron chi connectivity index (χ2n) is 3.15. The molecule has 3 nitrogen and oxygen atoms in total. The highest BCUT2D eigenvalue weighted by Crippen LogP contribution is 1.99. The highest BCUT2D eigenvalue weighted by atomic mass is 15.3. The maximum Gasteiger partial charge on any atom is 0.195 e. The predicted octanol–water partition coefficient (Wildman–Crippen LogP) is 2.36. The maximum absolute atomic E-state index is 4.40. The molecule has 0 bridgehead atoms. The van der Waals surface area contributed by atoms with Gasteiger partial charge in [0, 0.05) is 13.1 Å². The van der Waals surface area contributed by atoms with Crippen LogP contribution in [0.5, 0.6) is 0 Å². The second-order valence-corrected chi connectivity index (χ2v) is 3.15. The first kappa shape index (κ1) is 14.5. The van der Waals surface area contributed by atoms with Crippen LogP contribution < -0.4 is 5.32 Å². The van der Waals surface area contributed by atoms with E-state index in [2.05, 4.69) is 43.5 Å². The summed E-state index contributed by atoms with van der Waals surface area (Å²) in [6.07, 6.45) is 6.39. The molecule has 3 heteroatoms. The summed E-state index contributed by atoms with van der Waals surface area (Å²) in [5, 5.41) is 3.20. The van der Waals surface area contributed by atoms with Gasteiger partial charge < -0.3 is 10.2 Å². The standard InChI is InChI=1S/C13H22N3/c1-5-9-14-13(15-10-6-2)16(11-7-3)12-8-4/h5-7,12H,1-3,8-11H2,4H3,(H,14,15). The quantitative estimate of drug-likeness (QED) is 0.386. The fourth-order valence-electron chi connectivity index (χ4n) is 1.17. The van der Waals surface area contributed by atoms with Crippen LogP contribution in [0.15, 0.2) is 43.0 Å². The number of hydrogen-bond acceptors (Lipinski definition) is 1. The summed E-state index contributed by atoms with van der Waals surface area (Å²) >= 11 is 0. The van der Waals surface area contributed by atoms with E-state index in [-0.39, 0.29) is 0 Å². The number of aliphatic imine (C=N–C) groups is 1. The molecule has 0 heterocycles. The van der Waals surface area contributed by atoms with Crippen LogP contribution in [0.1, 0.15) is 13.3 Å². The highest BCUT2D eigenvalue weighted by molar-refractivity contribution is 5.81. The topological polar surface area (TPSA) is 27.6 Å². The summed E-state index contributed by atoms with van der Waals surface area (Å²) in [5.74, 6) is 0.835. The van der Waals surface area contributed by atoms with E-state index < -0.39 is 0 Å². The Morgan fingerprint density at radius 3 is 2.50 bits per heavy atom. The third kappa shape index (κ3) is 6.06. The van der Waals surface area contributed by atoms with E-state index in [9.17, 15) is 0 Å². The van der Waals surface area contributed by atoms with Gasteiger partial charge >= 0.3 is 0 Å². The van der Waals surface area contributed by atoms with Crippen LogP contribution in [-0.2, 0) is 0 Å². The minimum Gasteiger partial charge on any atom is -0.353 e. The molecule has 16 heavy (non-hydrogen) atoms. The van der Waals surface area contributed by atoms with Crippen LogP contribution in [-0.4, -0.2) is 30.5 Å². The summed E-state index contributed by atoms with van der Waals surface area (Å²) in [6, 6.07) is 0. The van der Waals surface area contributed by atoms with Gasteiger partial charge in [0.1, 0.15) is 0 Å².